The molecule has 0 bridgehead atoms. The second-order valence-corrected chi connectivity index (χ2v) is 5.22. The van der Waals surface area contributed by atoms with Gasteiger partial charge in [-0.1, -0.05) is 19.9 Å². The highest BCUT2D eigenvalue weighted by atomic mass is 16.5. The predicted octanol–water partition coefficient (Wildman–Crippen LogP) is 1.49. The average molecular weight is 246 g/mol. The van der Waals surface area contributed by atoms with Crippen molar-refractivity contribution in [3.05, 3.63) is 29.6 Å². The third kappa shape index (κ3) is 1.24. The van der Waals surface area contributed by atoms with E-state index in [9.17, 15) is 4.79 Å². The molecule has 4 heteroatoms. The number of ether oxygens (including phenoxy) is 1. The Kier molecular flexibility index (Phi) is 2.45. The molecule has 18 heavy (non-hydrogen) atoms. The highest BCUT2D eigenvalue weighted by molar-refractivity contribution is 5.91. The van der Waals surface area contributed by atoms with E-state index in [1.165, 1.54) is 0 Å². The first kappa shape index (κ1) is 11.7. The van der Waals surface area contributed by atoms with Crippen LogP contribution in [0.5, 0.6) is 0 Å². The molecule has 1 spiro atoms. The summed E-state index contributed by atoms with van der Waals surface area (Å²) in [7, 11) is 0. The highest BCUT2D eigenvalue weighted by Crippen LogP contribution is 2.44. The lowest BCUT2D eigenvalue weighted by atomic mass is 9.68. The summed E-state index contributed by atoms with van der Waals surface area (Å²) in [5, 5.41) is 3.17. The molecule has 2 aliphatic rings. The zero-order valence-corrected chi connectivity index (χ0v) is 10.8. The Bertz CT molecular complexity index is 490. The number of hydrogen-bond acceptors (Lipinski definition) is 3. The van der Waals surface area contributed by atoms with E-state index in [1.807, 2.05) is 6.07 Å². The van der Waals surface area contributed by atoms with Crippen molar-refractivity contribution in [2.24, 2.45) is 0 Å². The molecule has 0 unspecified atom stereocenters. The van der Waals surface area contributed by atoms with Crippen LogP contribution in [0.15, 0.2) is 18.3 Å². The number of amides is 1. The lowest BCUT2D eigenvalue weighted by molar-refractivity contribution is -0.143. The Morgan fingerprint density at radius 2 is 2.11 bits per heavy atom. The molecule has 2 aliphatic heterocycles. The summed E-state index contributed by atoms with van der Waals surface area (Å²) in [5.74, 6) is 0.0991. The summed E-state index contributed by atoms with van der Waals surface area (Å²) in [6.45, 7) is 5.22. The molecule has 0 saturated carbocycles. The van der Waals surface area contributed by atoms with Crippen molar-refractivity contribution in [3.63, 3.8) is 0 Å². The zero-order chi connectivity index (χ0) is 12.8. The summed E-state index contributed by atoms with van der Waals surface area (Å²) in [5.41, 5.74) is 1.29. The number of hydrogen-bond donors (Lipinski definition) is 1. The van der Waals surface area contributed by atoms with Gasteiger partial charge in [-0.15, -0.1) is 0 Å². The van der Waals surface area contributed by atoms with Gasteiger partial charge in [0.25, 0.3) is 0 Å². The van der Waals surface area contributed by atoms with Crippen LogP contribution in [0, 0.1) is 0 Å². The number of nitrogens with zero attached hydrogens (tertiary/aromatic N) is 1. The number of rotatable bonds is 2. The maximum absolute atomic E-state index is 12.5. The van der Waals surface area contributed by atoms with E-state index in [0.717, 1.165) is 24.1 Å². The first-order valence-electron chi connectivity index (χ1n) is 6.55. The maximum Gasteiger partial charge on any atom is 0.233 e. The molecule has 1 aromatic heterocycles. The van der Waals surface area contributed by atoms with E-state index >= 15 is 0 Å². The Labute approximate surface area is 107 Å². The van der Waals surface area contributed by atoms with E-state index < -0.39 is 5.41 Å². The number of pyridine rings is 1. The largest absolute Gasteiger partial charge is 0.376 e. The minimum absolute atomic E-state index is 0.0991. The predicted molar refractivity (Wildman–Crippen MR) is 67.1 cm³/mol. The number of aromatic nitrogens is 1. The Balaban J connectivity index is 2.21. The minimum Gasteiger partial charge on any atom is -0.376 e. The van der Waals surface area contributed by atoms with Crippen LogP contribution in [0.1, 0.15) is 37.9 Å². The Morgan fingerprint density at radius 3 is 2.67 bits per heavy atom. The number of carbonyl (C=O) groups excluding carboxylic acids is 1. The van der Waals surface area contributed by atoms with Crippen LogP contribution in [-0.2, 0) is 20.5 Å². The monoisotopic (exact) mass is 246 g/mol. The first-order valence-corrected chi connectivity index (χ1v) is 6.55. The molecule has 0 aromatic carbocycles. The molecule has 3 rings (SSSR count). The molecule has 0 radical (unpaired) electrons. The van der Waals surface area contributed by atoms with Gasteiger partial charge in [-0.2, -0.15) is 0 Å². The molecule has 1 N–H and O–H groups in total. The van der Waals surface area contributed by atoms with Crippen molar-refractivity contribution in [2.75, 3.05) is 13.2 Å². The van der Waals surface area contributed by atoms with E-state index in [2.05, 4.69) is 30.2 Å². The molecule has 1 aromatic rings. The molecule has 0 atom stereocenters. The van der Waals surface area contributed by atoms with Crippen LogP contribution >= 0.6 is 0 Å². The van der Waals surface area contributed by atoms with Gasteiger partial charge in [-0.05, 0) is 18.9 Å². The number of fused-ring (bicyclic) bond motifs is 2. The molecule has 3 heterocycles. The quantitative estimate of drug-likeness (QED) is 0.860. The summed E-state index contributed by atoms with van der Waals surface area (Å²) in [6.07, 6.45) is 3.33. The topological polar surface area (TPSA) is 51.2 Å². The summed E-state index contributed by atoms with van der Waals surface area (Å²) < 4.78 is 5.31. The fourth-order valence-corrected chi connectivity index (χ4v) is 3.12. The van der Waals surface area contributed by atoms with Gasteiger partial charge < -0.3 is 10.1 Å². The SMILES string of the molecule is CCC1(CC)C(=O)NC2(COC2)c2cccnc21. The van der Waals surface area contributed by atoms with Gasteiger partial charge in [0, 0.05) is 11.8 Å². The maximum atomic E-state index is 12.5. The summed E-state index contributed by atoms with van der Waals surface area (Å²) in [6, 6.07) is 4.01. The van der Waals surface area contributed by atoms with Gasteiger partial charge in [0.05, 0.1) is 24.3 Å². The third-order valence-electron chi connectivity index (χ3n) is 4.47. The van der Waals surface area contributed by atoms with Crippen molar-refractivity contribution < 1.29 is 9.53 Å². The smallest absolute Gasteiger partial charge is 0.233 e. The van der Waals surface area contributed by atoms with Crippen molar-refractivity contribution in [1.82, 2.24) is 10.3 Å². The van der Waals surface area contributed by atoms with Gasteiger partial charge in [0.1, 0.15) is 5.54 Å². The highest BCUT2D eigenvalue weighted by Gasteiger charge is 2.54. The van der Waals surface area contributed by atoms with E-state index in [-0.39, 0.29) is 11.4 Å². The van der Waals surface area contributed by atoms with Crippen LogP contribution in [0.3, 0.4) is 0 Å². The molecule has 4 nitrogen and oxygen atoms in total. The molecule has 1 amide bonds. The molecule has 96 valence electrons. The van der Waals surface area contributed by atoms with Crippen molar-refractivity contribution in [3.8, 4) is 0 Å². The van der Waals surface area contributed by atoms with Crippen LogP contribution < -0.4 is 5.32 Å². The lowest BCUT2D eigenvalue weighted by Gasteiger charge is -2.50. The second-order valence-electron chi connectivity index (χ2n) is 5.22. The van der Waals surface area contributed by atoms with Gasteiger partial charge in [-0.3, -0.25) is 9.78 Å². The van der Waals surface area contributed by atoms with Crippen LogP contribution in [0.25, 0.3) is 0 Å². The Morgan fingerprint density at radius 1 is 1.39 bits per heavy atom. The average Bonchev–Trinajstić information content (AvgIpc) is 2.37. The third-order valence-corrected chi connectivity index (χ3v) is 4.47. The lowest BCUT2D eigenvalue weighted by Crippen LogP contribution is -2.67. The van der Waals surface area contributed by atoms with Crippen LogP contribution in [0.4, 0.5) is 0 Å². The second kappa shape index (κ2) is 3.79. The number of carbonyl (C=O) groups is 1. The van der Waals surface area contributed by atoms with Gasteiger partial charge in [0.2, 0.25) is 5.91 Å². The van der Waals surface area contributed by atoms with Gasteiger partial charge >= 0.3 is 0 Å². The fourth-order valence-electron chi connectivity index (χ4n) is 3.12. The van der Waals surface area contributed by atoms with E-state index in [1.54, 1.807) is 6.20 Å². The van der Waals surface area contributed by atoms with Crippen molar-refractivity contribution in [1.29, 1.82) is 0 Å². The molecular formula is C14H18N2O2. The number of nitrogens with one attached hydrogen (secondary N) is 1. The normalized spacial score (nSPS) is 23.1. The molecule has 0 aliphatic carbocycles. The zero-order valence-electron chi connectivity index (χ0n) is 10.8. The van der Waals surface area contributed by atoms with E-state index in [0.29, 0.717) is 13.2 Å². The minimum atomic E-state index is -0.475. The van der Waals surface area contributed by atoms with Gasteiger partial charge in [0.15, 0.2) is 0 Å². The molecular weight excluding hydrogens is 228 g/mol. The van der Waals surface area contributed by atoms with Crippen molar-refractivity contribution in [2.45, 2.75) is 37.6 Å². The molecule has 1 saturated heterocycles. The molecule has 1 fully saturated rings. The van der Waals surface area contributed by atoms with Crippen LogP contribution in [-0.4, -0.2) is 24.1 Å². The Hall–Kier alpha value is -1.42. The van der Waals surface area contributed by atoms with Crippen LogP contribution in [0.2, 0.25) is 0 Å². The summed E-state index contributed by atoms with van der Waals surface area (Å²) >= 11 is 0. The first-order chi connectivity index (χ1) is 8.68. The standard InChI is InChI=1S/C14H18N2O2/c1-3-13(4-2)11-10(6-5-7-15-11)14(8-18-9-14)16-12(13)17/h5-7H,3-4,8-9H2,1-2H3,(H,16,17). The fraction of sp³-hybridized carbons (Fsp3) is 0.571. The summed E-state index contributed by atoms with van der Waals surface area (Å²) in [4.78, 5) is 17.1. The van der Waals surface area contributed by atoms with E-state index in [4.69, 9.17) is 4.74 Å². The van der Waals surface area contributed by atoms with Gasteiger partial charge in [-0.25, -0.2) is 0 Å². The van der Waals surface area contributed by atoms with Crippen molar-refractivity contribution >= 4 is 5.91 Å².